The summed E-state index contributed by atoms with van der Waals surface area (Å²) in [6.45, 7) is -0.634. The molecule has 0 spiro atoms. The minimum Gasteiger partial charge on any atom is -0.372 e. The van der Waals surface area contributed by atoms with E-state index in [4.69, 9.17) is 4.52 Å². The molecule has 1 aromatic rings. The lowest BCUT2D eigenvalue weighted by molar-refractivity contribution is -0.173. The third-order valence-electron chi connectivity index (χ3n) is 1.83. The van der Waals surface area contributed by atoms with Crippen LogP contribution >= 0.6 is 0 Å². The summed E-state index contributed by atoms with van der Waals surface area (Å²) < 4.78 is 44.5. The first-order valence-electron chi connectivity index (χ1n) is 5.12. The summed E-state index contributed by atoms with van der Waals surface area (Å²) in [5.74, 6) is 0.823. The second-order valence-corrected chi connectivity index (χ2v) is 3.38. The van der Waals surface area contributed by atoms with E-state index in [0.29, 0.717) is 24.7 Å². The summed E-state index contributed by atoms with van der Waals surface area (Å²) in [4.78, 5) is 4.00. The molecule has 1 aromatic heterocycles. The Morgan fingerprint density at radius 1 is 1.35 bits per heavy atom. The molecule has 0 aliphatic carbocycles. The van der Waals surface area contributed by atoms with Gasteiger partial charge >= 0.3 is 6.18 Å². The highest BCUT2D eigenvalue weighted by molar-refractivity contribution is 4.87. The molecule has 1 rings (SSSR count). The molecule has 0 radical (unpaired) electrons. The van der Waals surface area contributed by atoms with E-state index in [1.54, 1.807) is 7.05 Å². The summed E-state index contributed by atoms with van der Waals surface area (Å²) in [5, 5.41) is 6.60. The van der Waals surface area contributed by atoms with Crippen molar-refractivity contribution < 1.29 is 22.4 Å². The number of aromatic nitrogens is 2. The molecule has 0 bridgehead atoms. The Morgan fingerprint density at radius 3 is 2.76 bits per heavy atom. The molecule has 0 fully saturated rings. The minimum atomic E-state index is -4.30. The number of nitrogens with one attached hydrogen (secondary N) is 1. The second kappa shape index (κ2) is 6.55. The van der Waals surface area contributed by atoms with E-state index < -0.39 is 12.8 Å². The summed E-state index contributed by atoms with van der Waals surface area (Å²) in [6.07, 6.45) is -3.50. The fraction of sp³-hybridized carbons (Fsp3) is 0.778. The normalized spacial score (nSPS) is 12.0. The van der Waals surface area contributed by atoms with Crippen LogP contribution in [0, 0.1) is 0 Å². The van der Waals surface area contributed by atoms with Gasteiger partial charge in [-0.1, -0.05) is 5.16 Å². The van der Waals surface area contributed by atoms with Crippen molar-refractivity contribution in [3.8, 4) is 0 Å². The van der Waals surface area contributed by atoms with Crippen molar-refractivity contribution in [3.05, 3.63) is 11.7 Å². The Bertz CT molecular complexity index is 328. The zero-order valence-electron chi connectivity index (χ0n) is 9.38. The van der Waals surface area contributed by atoms with Gasteiger partial charge in [-0.25, -0.2) is 0 Å². The highest BCUT2D eigenvalue weighted by Crippen LogP contribution is 2.14. The van der Waals surface area contributed by atoms with Gasteiger partial charge in [-0.05, 0) is 7.05 Å². The Kier molecular flexibility index (Phi) is 5.36. The van der Waals surface area contributed by atoms with Crippen LogP contribution in [0.25, 0.3) is 0 Å². The molecule has 5 nitrogen and oxygen atoms in total. The molecule has 17 heavy (non-hydrogen) atoms. The number of hydrogen-bond donors (Lipinski definition) is 1. The van der Waals surface area contributed by atoms with Crippen molar-refractivity contribution in [1.29, 1.82) is 0 Å². The third-order valence-corrected chi connectivity index (χ3v) is 1.83. The molecule has 0 saturated carbocycles. The summed E-state index contributed by atoms with van der Waals surface area (Å²) in [5.41, 5.74) is 0. The standard InChI is InChI=1S/C9H14F3N3O2/c1-13-4-2-7-14-8(17-15-7)3-5-16-6-9(10,11)12/h13H,2-6H2,1H3. The molecule has 1 heterocycles. The quantitative estimate of drug-likeness (QED) is 0.733. The van der Waals surface area contributed by atoms with Gasteiger partial charge in [-0.3, -0.25) is 0 Å². The smallest absolute Gasteiger partial charge is 0.372 e. The predicted octanol–water partition coefficient (Wildman–Crippen LogP) is 0.953. The molecule has 0 unspecified atom stereocenters. The van der Waals surface area contributed by atoms with Crippen molar-refractivity contribution in [1.82, 2.24) is 15.5 Å². The second-order valence-electron chi connectivity index (χ2n) is 3.38. The minimum absolute atomic E-state index is 0.0901. The van der Waals surface area contributed by atoms with E-state index >= 15 is 0 Å². The Hall–Kier alpha value is -1.15. The maximum atomic E-state index is 11.7. The van der Waals surface area contributed by atoms with Crippen LogP contribution in [0.15, 0.2) is 4.52 Å². The Labute approximate surface area is 96.3 Å². The van der Waals surface area contributed by atoms with Crippen LogP contribution in [0.1, 0.15) is 11.7 Å². The number of hydrogen-bond acceptors (Lipinski definition) is 5. The SMILES string of the molecule is CNCCc1noc(CCOCC(F)(F)F)n1. The van der Waals surface area contributed by atoms with Crippen LogP contribution in [-0.4, -0.2) is 43.1 Å². The van der Waals surface area contributed by atoms with Gasteiger partial charge in [0.25, 0.3) is 0 Å². The number of ether oxygens (including phenoxy) is 1. The number of alkyl halides is 3. The first-order chi connectivity index (χ1) is 8.01. The monoisotopic (exact) mass is 253 g/mol. The van der Waals surface area contributed by atoms with Crippen molar-refractivity contribution in [2.45, 2.75) is 19.0 Å². The van der Waals surface area contributed by atoms with Gasteiger partial charge in [-0.15, -0.1) is 0 Å². The van der Waals surface area contributed by atoms with Crippen molar-refractivity contribution in [3.63, 3.8) is 0 Å². The van der Waals surface area contributed by atoms with Crippen LogP contribution < -0.4 is 5.32 Å². The molecule has 0 aromatic carbocycles. The van der Waals surface area contributed by atoms with E-state index in [0.717, 1.165) is 0 Å². The van der Waals surface area contributed by atoms with Gasteiger partial charge in [0.05, 0.1) is 13.0 Å². The van der Waals surface area contributed by atoms with Crippen LogP contribution in [0.4, 0.5) is 13.2 Å². The van der Waals surface area contributed by atoms with Gasteiger partial charge in [0.15, 0.2) is 5.82 Å². The van der Waals surface area contributed by atoms with Gasteiger partial charge < -0.3 is 14.6 Å². The first-order valence-corrected chi connectivity index (χ1v) is 5.12. The summed E-state index contributed by atoms with van der Waals surface area (Å²) in [7, 11) is 1.80. The van der Waals surface area contributed by atoms with Crippen molar-refractivity contribution >= 4 is 0 Å². The maximum absolute atomic E-state index is 11.7. The largest absolute Gasteiger partial charge is 0.411 e. The Balaban J connectivity index is 2.21. The van der Waals surface area contributed by atoms with Gasteiger partial charge in [0.2, 0.25) is 5.89 Å². The van der Waals surface area contributed by atoms with Crippen molar-refractivity contribution in [2.24, 2.45) is 0 Å². The zero-order valence-corrected chi connectivity index (χ0v) is 9.38. The summed E-state index contributed by atoms with van der Waals surface area (Å²) >= 11 is 0. The lowest BCUT2D eigenvalue weighted by atomic mass is 10.4. The highest BCUT2D eigenvalue weighted by atomic mass is 19.4. The van der Waals surface area contributed by atoms with Crippen LogP contribution in [0.2, 0.25) is 0 Å². The molecular formula is C9H14F3N3O2. The van der Waals surface area contributed by atoms with E-state index in [1.807, 2.05) is 0 Å². The molecule has 0 aliphatic heterocycles. The number of nitrogens with zero attached hydrogens (tertiary/aromatic N) is 2. The van der Waals surface area contributed by atoms with E-state index in [-0.39, 0.29) is 13.0 Å². The topological polar surface area (TPSA) is 60.2 Å². The molecule has 8 heteroatoms. The number of halogens is 3. The number of rotatable bonds is 7. The molecular weight excluding hydrogens is 239 g/mol. The lowest BCUT2D eigenvalue weighted by Gasteiger charge is -2.05. The first kappa shape index (κ1) is 13.9. The maximum Gasteiger partial charge on any atom is 0.411 e. The average molecular weight is 253 g/mol. The van der Waals surface area contributed by atoms with Crippen LogP contribution in [0.5, 0.6) is 0 Å². The van der Waals surface area contributed by atoms with E-state index in [1.165, 1.54) is 0 Å². The fourth-order valence-electron chi connectivity index (χ4n) is 1.08. The van der Waals surface area contributed by atoms with Gasteiger partial charge in [0, 0.05) is 13.0 Å². The Morgan fingerprint density at radius 2 is 2.12 bits per heavy atom. The summed E-state index contributed by atoms with van der Waals surface area (Å²) in [6, 6.07) is 0. The lowest BCUT2D eigenvalue weighted by Crippen LogP contribution is -2.18. The third kappa shape index (κ3) is 6.22. The molecule has 0 atom stereocenters. The van der Waals surface area contributed by atoms with Crippen molar-refractivity contribution in [2.75, 3.05) is 26.8 Å². The molecule has 98 valence electrons. The average Bonchev–Trinajstić information content (AvgIpc) is 2.68. The molecule has 0 saturated heterocycles. The number of likely N-dealkylation sites (N-methyl/N-ethyl adjacent to an activating group) is 1. The predicted molar refractivity (Wildman–Crippen MR) is 52.5 cm³/mol. The van der Waals surface area contributed by atoms with Gasteiger partial charge in [0.1, 0.15) is 6.61 Å². The zero-order chi connectivity index (χ0) is 12.7. The highest BCUT2D eigenvalue weighted by Gasteiger charge is 2.27. The molecule has 1 N–H and O–H groups in total. The van der Waals surface area contributed by atoms with Gasteiger partial charge in [-0.2, -0.15) is 18.2 Å². The van der Waals surface area contributed by atoms with E-state index in [9.17, 15) is 13.2 Å². The molecule has 0 aliphatic rings. The van der Waals surface area contributed by atoms with Crippen LogP contribution in [-0.2, 0) is 17.6 Å². The van der Waals surface area contributed by atoms with E-state index in [2.05, 4.69) is 20.2 Å². The van der Waals surface area contributed by atoms with Crippen LogP contribution in [0.3, 0.4) is 0 Å². The fourth-order valence-corrected chi connectivity index (χ4v) is 1.08. The molecule has 0 amide bonds.